The third-order valence-electron chi connectivity index (χ3n) is 3.97. The first kappa shape index (κ1) is 24.6. The van der Waals surface area contributed by atoms with Crippen molar-refractivity contribution in [1.82, 2.24) is 5.32 Å². The first-order chi connectivity index (χ1) is 11.3. The van der Waals surface area contributed by atoms with Crippen LogP contribution in [0.3, 0.4) is 0 Å². The Morgan fingerprint density at radius 3 is 2.16 bits per heavy atom. The van der Waals surface area contributed by atoms with Crippen LogP contribution in [-0.2, 0) is 13.9 Å². The summed E-state index contributed by atoms with van der Waals surface area (Å²) in [6.45, 7) is 15.3. The minimum atomic E-state index is -3.43. The van der Waals surface area contributed by atoms with E-state index in [0.29, 0.717) is 19.6 Å². The third kappa shape index (κ3) is 13.5. The summed E-state index contributed by atoms with van der Waals surface area (Å²) in [5.74, 6) is 0.121. The average Bonchev–Trinajstić information content (AvgIpc) is 2.37. The van der Waals surface area contributed by atoms with Gasteiger partial charge in [0.05, 0.1) is 12.3 Å². The van der Waals surface area contributed by atoms with Gasteiger partial charge in [-0.2, -0.15) is 0 Å². The Balaban J connectivity index is 3.75. The molecule has 0 heterocycles. The maximum absolute atomic E-state index is 12.1. The van der Waals surface area contributed by atoms with Gasteiger partial charge in [0.25, 0.3) is 0 Å². The number of nitrogens with one attached hydrogen (secondary N) is 1. The Bertz CT molecular complexity index is 441. The lowest BCUT2D eigenvalue weighted by atomic mass is 9.74. The summed E-state index contributed by atoms with van der Waals surface area (Å²) in [4.78, 5) is 21.6. The molecule has 0 saturated carbocycles. The first-order valence-corrected chi connectivity index (χ1v) is 11.1. The zero-order chi connectivity index (χ0) is 19.7. The lowest BCUT2D eigenvalue weighted by molar-refractivity contribution is -0.123. The number of carbonyl (C=O) groups excluding carboxylic acids is 1. The lowest BCUT2D eigenvalue weighted by Gasteiger charge is -2.31. The number of carbonyl (C=O) groups is 1. The minimum absolute atomic E-state index is 0.00825. The van der Waals surface area contributed by atoms with Crippen LogP contribution < -0.4 is 5.32 Å². The second-order valence-corrected chi connectivity index (χ2v) is 11.8. The summed E-state index contributed by atoms with van der Waals surface area (Å²) in [5, 5.41) is 3.00. The summed E-state index contributed by atoms with van der Waals surface area (Å²) < 4.78 is 16.7. The summed E-state index contributed by atoms with van der Waals surface area (Å²) >= 11 is 0. The zero-order valence-corrected chi connectivity index (χ0v) is 18.2. The van der Waals surface area contributed by atoms with Gasteiger partial charge >= 0.3 is 7.60 Å². The third-order valence-corrected chi connectivity index (χ3v) is 5.83. The van der Waals surface area contributed by atoms with Crippen molar-refractivity contribution in [2.24, 2.45) is 10.8 Å². The Morgan fingerprint density at radius 1 is 1.08 bits per heavy atom. The van der Waals surface area contributed by atoms with Gasteiger partial charge in [-0.1, -0.05) is 61.3 Å². The van der Waals surface area contributed by atoms with E-state index in [1.54, 1.807) is 13.8 Å². The monoisotopic (exact) mass is 377 g/mol. The van der Waals surface area contributed by atoms with Crippen LogP contribution in [-0.4, -0.2) is 29.6 Å². The molecule has 6 heteroatoms. The molecule has 25 heavy (non-hydrogen) atoms. The highest BCUT2D eigenvalue weighted by atomic mass is 31.2. The minimum Gasteiger partial charge on any atom is -0.356 e. The molecule has 2 N–H and O–H groups in total. The highest BCUT2D eigenvalue weighted by Gasteiger charge is 2.27. The van der Waals surface area contributed by atoms with Crippen LogP contribution in [0, 0.1) is 10.8 Å². The molecule has 1 amide bonds. The zero-order valence-electron chi connectivity index (χ0n) is 17.4. The van der Waals surface area contributed by atoms with Crippen molar-refractivity contribution in [3.05, 3.63) is 0 Å². The molecule has 1 atom stereocenters. The van der Waals surface area contributed by atoms with E-state index >= 15 is 0 Å². The van der Waals surface area contributed by atoms with Gasteiger partial charge < -0.3 is 14.7 Å². The average molecular weight is 378 g/mol. The predicted molar refractivity (Wildman–Crippen MR) is 105 cm³/mol. The van der Waals surface area contributed by atoms with Crippen molar-refractivity contribution < 1.29 is 18.8 Å². The molecule has 0 bridgehead atoms. The molecule has 0 spiro atoms. The van der Waals surface area contributed by atoms with Crippen molar-refractivity contribution in [3.63, 3.8) is 0 Å². The Hall–Kier alpha value is -0.380. The van der Waals surface area contributed by atoms with Gasteiger partial charge in [0.2, 0.25) is 5.91 Å². The largest absolute Gasteiger partial charge is 0.356 e. The SMILES string of the molecule is CC(C)P(=O)(O)OCCCCCCNC(=O)CC(C)(C)CC(C)(C)C. The molecule has 0 aromatic carbocycles. The van der Waals surface area contributed by atoms with E-state index in [1.807, 2.05) is 0 Å². The summed E-state index contributed by atoms with van der Waals surface area (Å²) in [6, 6.07) is 0. The number of amides is 1. The first-order valence-electron chi connectivity index (χ1n) is 9.49. The summed E-state index contributed by atoms with van der Waals surface area (Å²) in [6.07, 6.45) is 5.17. The second kappa shape index (κ2) is 10.7. The fourth-order valence-electron chi connectivity index (χ4n) is 3.15. The fourth-order valence-corrected chi connectivity index (χ4v) is 3.84. The number of hydrogen-bond donors (Lipinski definition) is 2. The van der Waals surface area contributed by atoms with E-state index in [0.717, 1.165) is 32.1 Å². The predicted octanol–water partition coefficient (Wildman–Crippen LogP) is 5.13. The molecule has 0 rings (SSSR count). The number of hydrogen-bond acceptors (Lipinski definition) is 3. The number of unbranched alkanes of at least 4 members (excludes halogenated alkanes) is 3. The van der Waals surface area contributed by atoms with Gasteiger partial charge in [0, 0.05) is 13.0 Å². The maximum Gasteiger partial charge on any atom is 0.330 e. The van der Waals surface area contributed by atoms with Crippen molar-refractivity contribution in [3.8, 4) is 0 Å². The highest BCUT2D eigenvalue weighted by Crippen LogP contribution is 2.47. The smallest absolute Gasteiger partial charge is 0.330 e. The fraction of sp³-hybridized carbons (Fsp3) is 0.947. The van der Waals surface area contributed by atoms with Crippen molar-refractivity contribution in [1.29, 1.82) is 0 Å². The normalized spacial score (nSPS) is 15.2. The van der Waals surface area contributed by atoms with Crippen LogP contribution in [0.4, 0.5) is 0 Å². The maximum atomic E-state index is 12.1. The molecule has 1 unspecified atom stereocenters. The second-order valence-electron chi connectivity index (χ2n) is 9.33. The van der Waals surface area contributed by atoms with Gasteiger partial charge in [0.15, 0.2) is 0 Å². The van der Waals surface area contributed by atoms with E-state index in [1.165, 1.54) is 0 Å². The van der Waals surface area contributed by atoms with E-state index in [2.05, 4.69) is 39.9 Å². The Morgan fingerprint density at radius 2 is 1.64 bits per heavy atom. The topological polar surface area (TPSA) is 75.6 Å². The molecular formula is C19H40NO4P. The summed E-state index contributed by atoms with van der Waals surface area (Å²) in [5.41, 5.74) is -0.126. The van der Waals surface area contributed by atoms with Gasteiger partial charge in [-0.25, -0.2) is 0 Å². The molecule has 5 nitrogen and oxygen atoms in total. The lowest BCUT2D eigenvalue weighted by Crippen LogP contribution is -2.31. The molecule has 0 radical (unpaired) electrons. The van der Waals surface area contributed by atoms with Crippen LogP contribution in [0.25, 0.3) is 0 Å². The van der Waals surface area contributed by atoms with E-state index in [4.69, 9.17) is 4.52 Å². The molecule has 0 aromatic heterocycles. The van der Waals surface area contributed by atoms with Gasteiger partial charge in [-0.05, 0) is 30.1 Å². The van der Waals surface area contributed by atoms with E-state index in [9.17, 15) is 14.3 Å². The van der Waals surface area contributed by atoms with Gasteiger partial charge in [0.1, 0.15) is 0 Å². The van der Waals surface area contributed by atoms with Crippen LogP contribution in [0.1, 0.15) is 87.0 Å². The molecular weight excluding hydrogens is 337 g/mol. The molecule has 0 saturated heterocycles. The molecule has 150 valence electrons. The van der Waals surface area contributed by atoms with Crippen LogP contribution in [0.15, 0.2) is 0 Å². The van der Waals surface area contributed by atoms with Crippen molar-refractivity contribution >= 4 is 13.5 Å². The molecule has 0 aromatic rings. The quantitative estimate of drug-likeness (QED) is 0.365. The van der Waals surface area contributed by atoms with Crippen LogP contribution in [0.5, 0.6) is 0 Å². The standard InChI is InChI=1S/C19H40NO4P/c1-16(2)25(22,23)24-13-11-9-8-10-12-20-17(21)14-19(6,7)15-18(3,4)5/h16H,8-15H2,1-7H3,(H,20,21)(H,22,23). The molecule has 0 aliphatic heterocycles. The van der Waals surface area contributed by atoms with Crippen LogP contribution >= 0.6 is 7.60 Å². The van der Waals surface area contributed by atoms with Crippen molar-refractivity contribution in [2.45, 2.75) is 92.7 Å². The van der Waals surface area contributed by atoms with Gasteiger partial charge in [-0.3, -0.25) is 9.36 Å². The number of rotatable bonds is 12. The highest BCUT2D eigenvalue weighted by molar-refractivity contribution is 7.53. The Labute approximate surface area is 154 Å². The van der Waals surface area contributed by atoms with E-state index < -0.39 is 7.60 Å². The van der Waals surface area contributed by atoms with Crippen molar-refractivity contribution in [2.75, 3.05) is 13.2 Å². The van der Waals surface area contributed by atoms with Crippen LogP contribution in [0.2, 0.25) is 0 Å². The summed E-state index contributed by atoms with van der Waals surface area (Å²) in [7, 11) is -3.43. The Kier molecular flexibility index (Phi) is 10.5. The molecule has 0 fully saturated rings. The van der Waals surface area contributed by atoms with E-state index in [-0.39, 0.29) is 22.4 Å². The molecule has 0 aliphatic rings. The molecule has 0 aliphatic carbocycles. The van der Waals surface area contributed by atoms with Gasteiger partial charge in [-0.15, -0.1) is 0 Å².